The molecule has 0 unspecified atom stereocenters. The minimum atomic E-state index is -2.84. The van der Waals surface area contributed by atoms with Crippen LogP contribution in [0.2, 0.25) is 5.02 Å². The normalized spacial score (nSPS) is 11.1. The van der Waals surface area contributed by atoms with Gasteiger partial charge in [-0.1, -0.05) is 24.9 Å². The fourth-order valence-electron chi connectivity index (χ4n) is 1.77. The van der Waals surface area contributed by atoms with Gasteiger partial charge in [-0.3, -0.25) is 0 Å². The molecule has 0 saturated carbocycles. The largest absolute Gasteiger partial charge is 0.434 e. The van der Waals surface area contributed by atoms with Gasteiger partial charge in [0, 0.05) is 30.3 Å². The molecule has 1 rings (SSSR count). The first-order valence-corrected chi connectivity index (χ1v) is 7.53. The highest BCUT2D eigenvalue weighted by molar-refractivity contribution is 6.30. The van der Waals surface area contributed by atoms with Crippen LogP contribution in [0.3, 0.4) is 0 Å². The molecule has 3 nitrogen and oxygen atoms in total. The van der Waals surface area contributed by atoms with Gasteiger partial charge in [0.25, 0.3) is 0 Å². The number of ether oxygens (including phenoxy) is 2. The molecule has 1 aromatic rings. The van der Waals surface area contributed by atoms with Gasteiger partial charge in [-0.05, 0) is 37.6 Å². The van der Waals surface area contributed by atoms with Crippen LogP contribution >= 0.6 is 11.6 Å². The molecular weight excluding hydrogens is 300 g/mol. The van der Waals surface area contributed by atoms with E-state index in [0.717, 1.165) is 32.4 Å². The highest BCUT2D eigenvalue weighted by Gasteiger charge is 2.09. The van der Waals surface area contributed by atoms with Crippen LogP contribution in [0.25, 0.3) is 0 Å². The second-order valence-corrected chi connectivity index (χ2v) is 5.06. The van der Waals surface area contributed by atoms with E-state index in [-0.39, 0.29) is 5.75 Å². The fourth-order valence-corrected chi connectivity index (χ4v) is 1.96. The maximum Gasteiger partial charge on any atom is 0.387 e. The molecule has 0 spiro atoms. The van der Waals surface area contributed by atoms with Crippen molar-refractivity contribution in [1.29, 1.82) is 0 Å². The van der Waals surface area contributed by atoms with Crippen molar-refractivity contribution in [2.75, 3.05) is 19.8 Å². The molecule has 0 aliphatic carbocycles. The monoisotopic (exact) mass is 321 g/mol. The first-order valence-electron chi connectivity index (χ1n) is 7.15. The number of hydrogen-bond acceptors (Lipinski definition) is 3. The summed E-state index contributed by atoms with van der Waals surface area (Å²) in [6.07, 6.45) is 3.07. The van der Waals surface area contributed by atoms with Crippen molar-refractivity contribution in [3.63, 3.8) is 0 Å². The van der Waals surface area contributed by atoms with Crippen LogP contribution in [-0.2, 0) is 11.3 Å². The third-order valence-corrected chi connectivity index (χ3v) is 3.07. The van der Waals surface area contributed by atoms with Crippen LogP contribution in [0.4, 0.5) is 8.78 Å². The lowest BCUT2D eigenvalue weighted by Gasteiger charge is -2.12. The quantitative estimate of drug-likeness (QED) is 0.618. The van der Waals surface area contributed by atoms with Gasteiger partial charge in [-0.2, -0.15) is 8.78 Å². The highest BCUT2D eigenvalue weighted by Crippen LogP contribution is 2.24. The summed E-state index contributed by atoms with van der Waals surface area (Å²) < 4.78 is 34.5. The SMILES string of the molecule is CCCCOCCCNCc1cc(Cl)ccc1OC(F)F. The Morgan fingerprint density at radius 3 is 2.71 bits per heavy atom. The van der Waals surface area contributed by atoms with E-state index in [0.29, 0.717) is 23.7 Å². The number of rotatable bonds is 11. The number of alkyl halides is 2. The second-order valence-electron chi connectivity index (χ2n) is 4.63. The molecule has 0 aliphatic heterocycles. The van der Waals surface area contributed by atoms with Crippen molar-refractivity contribution in [3.05, 3.63) is 28.8 Å². The van der Waals surface area contributed by atoms with Crippen molar-refractivity contribution in [2.24, 2.45) is 0 Å². The summed E-state index contributed by atoms with van der Waals surface area (Å²) in [6, 6.07) is 4.62. The number of benzene rings is 1. The van der Waals surface area contributed by atoms with E-state index in [1.54, 1.807) is 6.07 Å². The highest BCUT2D eigenvalue weighted by atomic mass is 35.5. The lowest BCUT2D eigenvalue weighted by Crippen LogP contribution is -2.17. The Kier molecular flexibility index (Phi) is 9.30. The van der Waals surface area contributed by atoms with Crippen molar-refractivity contribution in [2.45, 2.75) is 39.3 Å². The van der Waals surface area contributed by atoms with Gasteiger partial charge < -0.3 is 14.8 Å². The molecule has 0 bridgehead atoms. The predicted octanol–water partition coefficient (Wildman–Crippen LogP) is 4.24. The minimum Gasteiger partial charge on any atom is -0.434 e. The van der Waals surface area contributed by atoms with Gasteiger partial charge in [0.05, 0.1) is 0 Å². The van der Waals surface area contributed by atoms with Gasteiger partial charge in [0.1, 0.15) is 5.75 Å². The molecule has 0 aromatic heterocycles. The van der Waals surface area contributed by atoms with Gasteiger partial charge in [0.2, 0.25) is 0 Å². The Balaban J connectivity index is 2.29. The van der Waals surface area contributed by atoms with E-state index in [1.165, 1.54) is 12.1 Å². The van der Waals surface area contributed by atoms with Crippen LogP contribution in [0.1, 0.15) is 31.7 Å². The predicted molar refractivity (Wildman–Crippen MR) is 80.1 cm³/mol. The fraction of sp³-hybridized carbons (Fsp3) is 0.600. The van der Waals surface area contributed by atoms with Crippen LogP contribution < -0.4 is 10.1 Å². The molecule has 120 valence electrons. The van der Waals surface area contributed by atoms with Crippen molar-refractivity contribution < 1.29 is 18.3 Å². The van der Waals surface area contributed by atoms with Gasteiger partial charge in [-0.15, -0.1) is 0 Å². The Bertz CT molecular complexity index is 405. The van der Waals surface area contributed by atoms with Gasteiger partial charge in [0.15, 0.2) is 0 Å². The van der Waals surface area contributed by atoms with Crippen LogP contribution in [-0.4, -0.2) is 26.4 Å². The average molecular weight is 322 g/mol. The van der Waals surface area contributed by atoms with Gasteiger partial charge in [-0.25, -0.2) is 0 Å². The number of unbranched alkanes of at least 4 members (excludes halogenated alkanes) is 1. The van der Waals surface area contributed by atoms with E-state index in [1.807, 2.05) is 0 Å². The topological polar surface area (TPSA) is 30.5 Å². The Morgan fingerprint density at radius 2 is 2.00 bits per heavy atom. The standard InChI is InChI=1S/C15H22ClF2NO2/c1-2-3-8-20-9-4-7-19-11-12-10-13(16)5-6-14(12)21-15(17)18/h5-6,10,15,19H,2-4,7-9,11H2,1H3. The van der Waals surface area contributed by atoms with Crippen molar-refractivity contribution >= 4 is 11.6 Å². The molecule has 0 heterocycles. The zero-order valence-corrected chi connectivity index (χ0v) is 13.0. The van der Waals surface area contributed by atoms with Crippen LogP contribution in [0.15, 0.2) is 18.2 Å². The molecule has 0 radical (unpaired) electrons. The summed E-state index contributed by atoms with van der Waals surface area (Å²) in [5, 5.41) is 3.67. The smallest absolute Gasteiger partial charge is 0.387 e. The number of nitrogens with one attached hydrogen (secondary N) is 1. The molecular formula is C15H22ClF2NO2. The summed E-state index contributed by atoms with van der Waals surface area (Å²) >= 11 is 5.87. The second kappa shape index (κ2) is 10.8. The molecule has 1 aromatic carbocycles. The van der Waals surface area contributed by atoms with E-state index >= 15 is 0 Å². The Labute approximate surface area is 129 Å². The lowest BCUT2D eigenvalue weighted by atomic mass is 10.2. The Hall–Kier alpha value is -0.910. The molecule has 0 fully saturated rings. The zero-order valence-electron chi connectivity index (χ0n) is 12.2. The summed E-state index contributed by atoms with van der Waals surface area (Å²) in [6.45, 7) is 1.94. The van der Waals surface area contributed by atoms with E-state index in [9.17, 15) is 8.78 Å². The maximum absolute atomic E-state index is 12.3. The van der Waals surface area contributed by atoms with E-state index in [2.05, 4.69) is 17.0 Å². The lowest BCUT2D eigenvalue weighted by molar-refractivity contribution is -0.0504. The first-order chi connectivity index (χ1) is 10.1. The number of hydrogen-bond donors (Lipinski definition) is 1. The molecule has 0 atom stereocenters. The molecule has 0 amide bonds. The summed E-state index contributed by atoms with van der Waals surface area (Å²) in [5.41, 5.74) is 0.620. The number of halogens is 3. The zero-order chi connectivity index (χ0) is 15.5. The molecule has 21 heavy (non-hydrogen) atoms. The molecule has 1 N–H and O–H groups in total. The summed E-state index contributed by atoms with van der Waals surface area (Å²) in [5.74, 6) is 0.154. The molecule has 0 saturated heterocycles. The summed E-state index contributed by atoms with van der Waals surface area (Å²) in [7, 11) is 0. The third kappa shape index (κ3) is 8.19. The summed E-state index contributed by atoms with van der Waals surface area (Å²) in [4.78, 5) is 0. The van der Waals surface area contributed by atoms with Crippen LogP contribution in [0.5, 0.6) is 5.75 Å². The van der Waals surface area contributed by atoms with Gasteiger partial charge >= 0.3 is 6.61 Å². The average Bonchev–Trinajstić information content (AvgIpc) is 2.44. The maximum atomic E-state index is 12.3. The minimum absolute atomic E-state index is 0.154. The van der Waals surface area contributed by atoms with Crippen LogP contribution in [0, 0.1) is 0 Å². The molecule has 6 heteroatoms. The first kappa shape index (κ1) is 18.1. The van der Waals surface area contributed by atoms with Crippen molar-refractivity contribution in [3.8, 4) is 5.75 Å². The molecule has 0 aliphatic rings. The van der Waals surface area contributed by atoms with E-state index < -0.39 is 6.61 Å². The Morgan fingerprint density at radius 1 is 1.24 bits per heavy atom. The van der Waals surface area contributed by atoms with E-state index in [4.69, 9.17) is 16.3 Å². The third-order valence-electron chi connectivity index (χ3n) is 2.84. The van der Waals surface area contributed by atoms with Crippen molar-refractivity contribution in [1.82, 2.24) is 5.32 Å².